The number of aliphatic hydroxyl groups is 1. The van der Waals surface area contributed by atoms with Crippen molar-refractivity contribution in [2.75, 3.05) is 37.7 Å². The average molecular weight is 326 g/mol. The van der Waals surface area contributed by atoms with Crippen LogP contribution in [0.5, 0.6) is 0 Å². The Bertz CT molecular complexity index is 654. The van der Waals surface area contributed by atoms with Gasteiger partial charge in [-0.2, -0.15) is 0 Å². The molecule has 128 valence electrons. The SMILES string of the molecule is Cc1cccc(C(O)CNCc2ccccc2N2CCOCC2)c1. The lowest BCUT2D eigenvalue weighted by molar-refractivity contribution is 0.122. The second-order valence-corrected chi connectivity index (χ2v) is 6.29. The third kappa shape index (κ3) is 4.35. The van der Waals surface area contributed by atoms with E-state index in [0.717, 1.165) is 38.4 Å². The number of nitrogens with one attached hydrogen (secondary N) is 1. The summed E-state index contributed by atoms with van der Waals surface area (Å²) in [7, 11) is 0. The third-order valence-corrected chi connectivity index (χ3v) is 4.42. The molecular formula is C20H26N2O2. The average Bonchev–Trinajstić information content (AvgIpc) is 2.63. The van der Waals surface area contributed by atoms with Crippen molar-refractivity contribution in [2.24, 2.45) is 0 Å². The Labute approximate surface area is 144 Å². The fourth-order valence-electron chi connectivity index (χ4n) is 3.11. The van der Waals surface area contributed by atoms with Gasteiger partial charge in [-0.3, -0.25) is 0 Å². The van der Waals surface area contributed by atoms with Crippen LogP contribution in [0, 0.1) is 6.92 Å². The van der Waals surface area contributed by atoms with Gasteiger partial charge in [-0.1, -0.05) is 48.0 Å². The van der Waals surface area contributed by atoms with Crippen molar-refractivity contribution < 1.29 is 9.84 Å². The fraction of sp³-hybridized carbons (Fsp3) is 0.400. The highest BCUT2D eigenvalue weighted by atomic mass is 16.5. The molecule has 1 aliphatic rings. The molecule has 1 atom stereocenters. The number of benzene rings is 2. The van der Waals surface area contributed by atoms with Crippen LogP contribution in [0.25, 0.3) is 0 Å². The second kappa shape index (κ2) is 8.29. The summed E-state index contributed by atoms with van der Waals surface area (Å²) >= 11 is 0. The molecule has 0 radical (unpaired) electrons. The lowest BCUT2D eigenvalue weighted by atomic mass is 10.1. The van der Waals surface area contributed by atoms with Crippen LogP contribution in [-0.2, 0) is 11.3 Å². The summed E-state index contributed by atoms with van der Waals surface area (Å²) in [5, 5.41) is 13.7. The van der Waals surface area contributed by atoms with Crippen molar-refractivity contribution in [3.8, 4) is 0 Å². The van der Waals surface area contributed by atoms with E-state index in [1.807, 2.05) is 31.2 Å². The van der Waals surface area contributed by atoms with Gasteiger partial charge < -0.3 is 20.1 Å². The first kappa shape index (κ1) is 17.0. The van der Waals surface area contributed by atoms with Crippen LogP contribution in [0.3, 0.4) is 0 Å². The molecule has 0 bridgehead atoms. The quantitative estimate of drug-likeness (QED) is 0.857. The number of nitrogens with zero attached hydrogens (tertiary/aromatic N) is 1. The summed E-state index contributed by atoms with van der Waals surface area (Å²) in [6.45, 7) is 6.77. The number of hydrogen-bond donors (Lipinski definition) is 2. The van der Waals surface area contributed by atoms with Gasteiger partial charge in [0.25, 0.3) is 0 Å². The van der Waals surface area contributed by atoms with Gasteiger partial charge in [-0.05, 0) is 24.1 Å². The zero-order valence-electron chi connectivity index (χ0n) is 14.2. The third-order valence-electron chi connectivity index (χ3n) is 4.42. The zero-order chi connectivity index (χ0) is 16.8. The number of morpholine rings is 1. The molecule has 2 aromatic carbocycles. The van der Waals surface area contributed by atoms with E-state index < -0.39 is 6.10 Å². The van der Waals surface area contributed by atoms with Gasteiger partial charge in [0.2, 0.25) is 0 Å². The van der Waals surface area contributed by atoms with E-state index in [0.29, 0.717) is 6.54 Å². The topological polar surface area (TPSA) is 44.7 Å². The van der Waals surface area contributed by atoms with Gasteiger partial charge in [-0.25, -0.2) is 0 Å². The zero-order valence-corrected chi connectivity index (χ0v) is 14.2. The molecule has 24 heavy (non-hydrogen) atoms. The van der Waals surface area contributed by atoms with Gasteiger partial charge in [0.1, 0.15) is 0 Å². The minimum Gasteiger partial charge on any atom is -0.387 e. The van der Waals surface area contributed by atoms with E-state index in [1.54, 1.807) is 0 Å². The van der Waals surface area contributed by atoms with E-state index >= 15 is 0 Å². The van der Waals surface area contributed by atoms with Gasteiger partial charge >= 0.3 is 0 Å². The second-order valence-electron chi connectivity index (χ2n) is 6.29. The van der Waals surface area contributed by atoms with Crippen molar-refractivity contribution in [1.29, 1.82) is 0 Å². The first-order valence-corrected chi connectivity index (χ1v) is 8.60. The van der Waals surface area contributed by atoms with Gasteiger partial charge in [0.05, 0.1) is 19.3 Å². The molecule has 1 unspecified atom stereocenters. The summed E-state index contributed by atoms with van der Waals surface area (Å²) in [5.41, 5.74) is 4.65. The molecule has 4 nitrogen and oxygen atoms in total. The Morgan fingerprint density at radius 2 is 1.92 bits per heavy atom. The lowest BCUT2D eigenvalue weighted by Gasteiger charge is -2.30. The highest BCUT2D eigenvalue weighted by Crippen LogP contribution is 2.21. The summed E-state index contributed by atoms with van der Waals surface area (Å²) in [6.07, 6.45) is -0.486. The molecule has 4 heteroatoms. The molecule has 3 rings (SSSR count). The molecule has 1 fully saturated rings. The van der Waals surface area contributed by atoms with Gasteiger partial charge in [0, 0.05) is 31.9 Å². The molecule has 2 aromatic rings. The summed E-state index contributed by atoms with van der Waals surface area (Å²) in [6, 6.07) is 16.5. The molecule has 0 amide bonds. The van der Waals surface area contributed by atoms with Crippen molar-refractivity contribution in [3.05, 3.63) is 65.2 Å². The van der Waals surface area contributed by atoms with Crippen molar-refractivity contribution >= 4 is 5.69 Å². The molecule has 1 saturated heterocycles. The highest BCUT2D eigenvalue weighted by molar-refractivity contribution is 5.53. The Balaban J connectivity index is 1.58. The molecule has 0 aliphatic carbocycles. The Morgan fingerprint density at radius 1 is 1.12 bits per heavy atom. The number of aryl methyl sites for hydroxylation is 1. The highest BCUT2D eigenvalue weighted by Gasteiger charge is 2.14. The Hall–Kier alpha value is -1.88. The lowest BCUT2D eigenvalue weighted by Crippen LogP contribution is -2.37. The van der Waals surface area contributed by atoms with Crippen LogP contribution in [0.15, 0.2) is 48.5 Å². The van der Waals surface area contributed by atoms with Crippen LogP contribution < -0.4 is 10.2 Å². The van der Waals surface area contributed by atoms with Crippen LogP contribution in [-0.4, -0.2) is 38.0 Å². The summed E-state index contributed by atoms with van der Waals surface area (Å²) < 4.78 is 5.44. The maximum Gasteiger partial charge on any atom is 0.0914 e. The summed E-state index contributed by atoms with van der Waals surface area (Å²) in [5.74, 6) is 0. The smallest absolute Gasteiger partial charge is 0.0914 e. The van der Waals surface area contributed by atoms with Crippen LogP contribution in [0.4, 0.5) is 5.69 Å². The minimum atomic E-state index is -0.486. The molecular weight excluding hydrogens is 300 g/mol. The van der Waals surface area contributed by atoms with Crippen molar-refractivity contribution in [3.63, 3.8) is 0 Å². The number of hydrogen-bond acceptors (Lipinski definition) is 4. The molecule has 2 N–H and O–H groups in total. The first-order chi connectivity index (χ1) is 11.7. The van der Waals surface area contributed by atoms with Crippen LogP contribution in [0.2, 0.25) is 0 Å². The number of aliphatic hydroxyl groups excluding tert-OH is 1. The van der Waals surface area contributed by atoms with E-state index in [4.69, 9.17) is 4.74 Å². The van der Waals surface area contributed by atoms with Crippen molar-refractivity contribution in [2.45, 2.75) is 19.6 Å². The van der Waals surface area contributed by atoms with Gasteiger partial charge in [0.15, 0.2) is 0 Å². The maximum absolute atomic E-state index is 10.4. The normalized spacial score (nSPS) is 16.2. The van der Waals surface area contributed by atoms with E-state index in [-0.39, 0.29) is 0 Å². The summed E-state index contributed by atoms with van der Waals surface area (Å²) in [4.78, 5) is 2.37. The van der Waals surface area contributed by atoms with E-state index in [2.05, 4.69) is 34.5 Å². The monoisotopic (exact) mass is 326 g/mol. The molecule has 0 aromatic heterocycles. The fourth-order valence-corrected chi connectivity index (χ4v) is 3.11. The maximum atomic E-state index is 10.4. The number of ether oxygens (including phenoxy) is 1. The van der Waals surface area contributed by atoms with E-state index in [9.17, 15) is 5.11 Å². The predicted octanol–water partition coefficient (Wildman–Crippen LogP) is 2.65. The Kier molecular flexibility index (Phi) is 5.86. The van der Waals surface area contributed by atoms with Crippen molar-refractivity contribution in [1.82, 2.24) is 5.32 Å². The predicted molar refractivity (Wildman–Crippen MR) is 97.3 cm³/mol. The van der Waals surface area contributed by atoms with E-state index in [1.165, 1.54) is 16.8 Å². The minimum absolute atomic E-state index is 0.486. The largest absolute Gasteiger partial charge is 0.387 e. The Morgan fingerprint density at radius 3 is 2.71 bits per heavy atom. The number of rotatable bonds is 6. The standard InChI is InChI=1S/C20H26N2O2/c1-16-5-4-7-17(13-16)20(23)15-21-14-18-6-2-3-8-19(18)22-9-11-24-12-10-22/h2-8,13,20-21,23H,9-12,14-15H2,1H3. The molecule has 0 spiro atoms. The van der Waals surface area contributed by atoms with Crippen LogP contribution >= 0.6 is 0 Å². The number of para-hydroxylation sites is 1. The van der Waals surface area contributed by atoms with Gasteiger partial charge in [-0.15, -0.1) is 0 Å². The molecule has 1 heterocycles. The first-order valence-electron chi connectivity index (χ1n) is 8.60. The number of anilines is 1. The molecule has 1 aliphatic heterocycles. The van der Waals surface area contributed by atoms with Crippen LogP contribution in [0.1, 0.15) is 22.8 Å². The molecule has 0 saturated carbocycles.